The Labute approximate surface area is 87.2 Å². The van der Waals surface area contributed by atoms with Gasteiger partial charge in [0.1, 0.15) is 12.0 Å². The van der Waals surface area contributed by atoms with Crippen molar-refractivity contribution in [2.45, 2.75) is 6.42 Å². The minimum absolute atomic E-state index is 0.182. The van der Waals surface area contributed by atoms with Crippen molar-refractivity contribution in [3.05, 3.63) is 29.8 Å². The number of carbonyl (C=O) groups is 2. The zero-order chi connectivity index (χ0) is 11.1. The van der Waals surface area contributed by atoms with Crippen LogP contribution in [0.15, 0.2) is 24.3 Å². The molecule has 0 unspecified atom stereocenters. The molecule has 0 saturated carbocycles. The van der Waals surface area contributed by atoms with Crippen LogP contribution in [0.3, 0.4) is 0 Å². The summed E-state index contributed by atoms with van der Waals surface area (Å²) in [6, 6.07) is 6.70. The molecule has 0 bridgehead atoms. The van der Waals surface area contributed by atoms with Crippen molar-refractivity contribution >= 4 is 12.2 Å². The third kappa shape index (κ3) is 3.78. The van der Waals surface area contributed by atoms with E-state index in [1.54, 1.807) is 24.3 Å². The Morgan fingerprint density at radius 3 is 3.00 bits per heavy atom. The van der Waals surface area contributed by atoms with E-state index in [-0.39, 0.29) is 18.9 Å². The number of hydrazine groups is 1. The normalized spacial score (nSPS) is 9.40. The van der Waals surface area contributed by atoms with E-state index in [1.807, 2.05) is 5.43 Å². The van der Waals surface area contributed by atoms with Crippen LogP contribution in [0.5, 0.6) is 5.75 Å². The topological polar surface area (TPSA) is 81.4 Å². The van der Waals surface area contributed by atoms with Gasteiger partial charge in [-0.1, -0.05) is 12.1 Å². The third-order valence-electron chi connectivity index (χ3n) is 1.75. The van der Waals surface area contributed by atoms with Crippen molar-refractivity contribution in [3.63, 3.8) is 0 Å². The van der Waals surface area contributed by atoms with Crippen LogP contribution in [0.4, 0.5) is 0 Å². The molecule has 0 heterocycles. The molecular weight excluding hydrogens is 196 g/mol. The molecule has 80 valence electrons. The molecule has 5 heteroatoms. The highest BCUT2D eigenvalue weighted by Crippen LogP contribution is 2.11. The summed E-state index contributed by atoms with van der Waals surface area (Å²) < 4.78 is 5.25. The summed E-state index contributed by atoms with van der Waals surface area (Å²) in [6.07, 6.45) is 0.918. The first kappa shape index (κ1) is 11.2. The molecule has 0 aromatic heterocycles. The van der Waals surface area contributed by atoms with Crippen molar-refractivity contribution in [1.82, 2.24) is 5.43 Å². The lowest BCUT2D eigenvalue weighted by atomic mass is 10.2. The second kappa shape index (κ2) is 5.77. The molecule has 15 heavy (non-hydrogen) atoms. The lowest BCUT2D eigenvalue weighted by Gasteiger charge is -2.05. The highest BCUT2D eigenvalue weighted by atomic mass is 16.5. The van der Waals surface area contributed by atoms with E-state index >= 15 is 0 Å². The largest absolute Gasteiger partial charge is 0.493 e. The second-order valence-electron chi connectivity index (χ2n) is 2.86. The van der Waals surface area contributed by atoms with Gasteiger partial charge in [-0.2, -0.15) is 0 Å². The molecule has 1 aromatic carbocycles. The van der Waals surface area contributed by atoms with Gasteiger partial charge < -0.3 is 4.74 Å². The lowest BCUT2D eigenvalue weighted by Crippen LogP contribution is -2.31. The lowest BCUT2D eigenvalue weighted by molar-refractivity contribution is -0.121. The zero-order valence-corrected chi connectivity index (χ0v) is 8.10. The zero-order valence-electron chi connectivity index (χ0n) is 8.10. The standard InChI is InChI=1S/C10H12N2O3/c11-12-10(14)4-5-15-9-3-1-2-8(6-9)7-13/h1-3,6-7H,4-5,11H2,(H,12,14). The molecule has 0 atom stereocenters. The molecule has 1 aromatic rings. The number of nitrogens with one attached hydrogen (secondary N) is 1. The highest BCUT2D eigenvalue weighted by Gasteiger charge is 1.99. The molecule has 0 aliphatic rings. The molecule has 1 rings (SSSR count). The van der Waals surface area contributed by atoms with E-state index in [4.69, 9.17) is 10.6 Å². The Balaban J connectivity index is 2.43. The van der Waals surface area contributed by atoms with E-state index in [2.05, 4.69) is 0 Å². The average Bonchev–Trinajstić information content (AvgIpc) is 2.29. The summed E-state index contributed by atoms with van der Waals surface area (Å²) in [5.74, 6) is 5.17. The van der Waals surface area contributed by atoms with Crippen LogP contribution in [0.1, 0.15) is 16.8 Å². The summed E-state index contributed by atoms with van der Waals surface area (Å²) >= 11 is 0. The minimum atomic E-state index is -0.290. The van der Waals surface area contributed by atoms with Gasteiger partial charge >= 0.3 is 0 Å². The summed E-state index contributed by atoms with van der Waals surface area (Å²) in [7, 11) is 0. The molecular formula is C10H12N2O3. The van der Waals surface area contributed by atoms with Crippen molar-refractivity contribution in [2.24, 2.45) is 5.84 Å². The van der Waals surface area contributed by atoms with E-state index in [1.165, 1.54) is 0 Å². The molecule has 1 amide bonds. The Morgan fingerprint density at radius 1 is 1.53 bits per heavy atom. The molecule has 0 fully saturated rings. The number of aldehydes is 1. The van der Waals surface area contributed by atoms with Gasteiger partial charge in [-0.3, -0.25) is 15.0 Å². The SMILES string of the molecule is NNC(=O)CCOc1cccc(C=O)c1. The molecule has 3 N–H and O–H groups in total. The quantitative estimate of drug-likeness (QED) is 0.315. The Kier molecular flexibility index (Phi) is 4.30. The predicted octanol–water partition coefficient (Wildman–Crippen LogP) is 0.258. The van der Waals surface area contributed by atoms with E-state index in [0.717, 1.165) is 6.29 Å². The number of benzene rings is 1. The van der Waals surface area contributed by atoms with Crippen molar-refractivity contribution in [1.29, 1.82) is 0 Å². The molecule has 5 nitrogen and oxygen atoms in total. The second-order valence-corrected chi connectivity index (χ2v) is 2.86. The smallest absolute Gasteiger partial charge is 0.237 e. The summed E-state index contributed by atoms with van der Waals surface area (Å²) in [5, 5.41) is 0. The Hall–Kier alpha value is -1.88. The molecule has 0 aliphatic heterocycles. The number of nitrogens with two attached hydrogens (primary N) is 1. The number of rotatable bonds is 5. The van der Waals surface area contributed by atoms with Crippen LogP contribution in [0.2, 0.25) is 0 Å². The molecule has 0 spiro atoms. The first-order valence-corrected chi connectivity index (χ1v) is 4.43. The van der Waals surface area contributed by atoms with Gasteiger partial charge in [-0.15, -0.1) is 0 Å². The summed E-state index contributed by atoms with van der Waals surface area (Å²) in [6.45, 7) is 0.228. The first-order chi connectivity index (χ1) is 7.26. The maximum absolute atomic E-state index is 10.8. The monoisotopic (exact) mass is 208 g/mol. The van der Waals surface area contributed by atoms with Crippen LogP contribution in [-0.2, 0) is 4.79 Å². The van der Waals surface area contributed by atoms with Crippen molar-refractivity contribution in [2.75, 3.05) is 6.61 Å². The molecule has 0 saturated heterocycles. The average molecular weight is 208 g/mol. The summed E-state index contributed by atoms with van der Waals surface area (Å²) in [4.78, 5) is 21.2. The van der Waals surface area contributed by atoms with Gasteiger partial charge in [0.15, 0.2) is 0 Å². The van der Waals surface area contributed by atoms with E-state index in [9.17, 15) is 9.59 Å². The molecule has 0 radical (unpaired) electrons. The summed E-state index contributed by atoms with van der Waals surface area (Å²) in [5.41, 5.74) is 2.54. The molecule has 0 aliphatic carbocycles. The van der Waals surface area contributed by atoms with Crippen LogP contribution in [-0.4, -0.2) is 18.8 Å². The van der Waals surface area contributed by atoms with Gasteiger partial charge in [-0.25, -0.2) is 5.84 Å². The fourth-order valence-corrected chi connectivity index (χ4v) is 1.01. The Bertz CT molecular complexity index is 352. The predicted molar refractivity (Wildman–Crippen MR) is 54.3 cm³/mol. The van der Waals surface area contributed by atoms with Gasteiger partial charge in [-0.05, 0) is 12.1 Å². The fraction of sp³-hybridized carbons (Fsp3) is 0.200. The van der Waals surface area contributed by atoms with Gasteiger partial charge in [0.25, 0.3) is 0 Å². The van der Waals surface area contributed by atoms with Crippen molar-refractivity contribution < 1.29 is 14.3 Å². The maximum Gasteiger partial charge on any atom is 0.237 e. The van der Waals surface area contributed by atoms with Gasteiger partial charge in [0.2, 0.25) is 5.91 Å². The highest BCUT2D eigenvalue weighted by molar-refractivity contribution is 5.76. The van der Waals surface area contributed by atoms with Crippen molar-refractivity contribution in [3.8, 4) is 5.75 Å². The number of hydrogen-bond donors (Lipinski definition) is 2. The number of amides is 1. The number of hydrogen-bond acceptors (Lipinski definition) is 4. The van der Waals surface area contributed by atoms with Gasteiger partial charge in [0.05, 0.1) is 13.0 Å². The van der Waals surface area contributed by atoms with Crippen LogP contribution < -0.4 is 16.0 Å². The number of ether oxygens (including phenoxy) is 1. The first-order valence-electron chi connectivity index (χ1n) is 4.43. The maximum atomic E-state index is 10.8. The Morgan fingerprint density at radius 2 is 2.33 bits per heavy atom. The van der Waals surface area contributed by atoms with E-state index in [0.29, 0.717) is 11.3 Å². The van der Waals surface area contributed by atoms with Gasteiger partial charge in [0, 0.05) is 5.56 Å². The van der Waals surface area contributed by atoms with Crippen LogP contribution in [0.25, 0.3) is 0 Å². The van der Waals surface area contributed by atoms with Crippen LogP contribution >= 0.6 is 0 Å². The minimum Gasteiger partial charge on any atom is -0.493 e. The van der Waals surface area contributed by atoms with Crippen LogP contribution in [0, 0.1) is 0 Å². The fourth-order valence-electron chi connectivity index (χ4n) is 1.01. The number of carbonyl (C=O) groups excluding carboxylic acids is 2. The third-order valence-corrected chi connectivity index (χ3v) is 1.75. The van der Waals surface area contributed by atoms with E-state index < -0.39 is 0 Å².